The maximum atomic E-state index is 12.6. The molecule has 3 aromatic rings. The highest BCUT2D eigenvalue weighted by Crippen LogP contribution is 2.15. The SMILES string of the molecule is Cc1ccc(C(=O)c2ccnn2-c2ccccc2)cc1. The Hall–Kier alpha value is -2.68. The Labute approximate surface area is 117 Å². The van der Waals surface area contributed by atoms with Crippen molar-refractivity contribution in [2.24, 2.45) is 0 Å². The average molecular weight is 262 g/mol. The maximum absolute atomic E-state index is 12.6. The van der Waals surface area contributed by atoms with Gasteiger partial charge in [0.15, 0.2) is 0 Å². The fourth-order valence-electron chi connectivity index (χ4n) is 2.10. The largest absolute Gasteiger partial charge is 0.287 e. The zero-order valence-electron chi connectivity index (χ0n) is 11.2. The molecule has 0 aliphatic carbocycles. The third-order valence-electron chi connectivity index (χ3n) is 3.19. The summed E-state index contributed by atoms with van der Waals surface area (Å²) in [6.07, 6.45) is 1.65. The Morgan fingerprint density at radius 3 is 2.35 bits per heavy atom. The number of carbonyl (C=O) groups excluding carboxylic acids is 1. The first kappa shape index (κ1) is 12.4. The number of para-hydroxylation sites is 1. The van der Waals surface area contributed by atoms with Crippen LogP contribution in [-0.2, 0) is 0 Å². The molecule has 0 aliphatic rings. The van der Waals surface area contributed by atoms with Crippen LogP contribution in [0.2, 0.25) is 0 Å². The minimum absolute atomic E-state index is 0.0219. The van der Waals surface area contributed by atoms with Gasteiger partial charge in [0.1, 0.15) is 5.69 Å². The zero-order valence-corrected chi connectivity index (χ0v) is 11.2. The summed E-state index contributed by atoms with van der Waals surface area (Å²) in [4.78, 5) is 12.6. The lowest BCUT2D eigenvalue weighted by Crippen LogP contribution is -2.09. The number of benzene rings is 2. The topological polar surface area (TPSA) is 34.9 Å². The van der Waals surface area contributed by atoms with Gasteiger partial charge in [0, 0.05) is 5.56 Å². The van der Waals surface area contributed by atoms with Crippen LogP contribution in [0.4, 0.5) is 0 Å². The lowest BCUT2D eigenvalue weighted by Gasteiger charge is -2.06. The van der Waals surface area contributed by atoms with Crippen molar-refractivity contribution < 1.29 is 4.79 Å². The monoisotopic (exact) mass is 262 g/mol. The molecule has 0 fully saturated rings. The third kappa shape index (κ3) is 2.26. The standard InChI is InChI=1S/C17H14N2O/c1-13-7-9-14(10-8-13)17(20)16-11-12-18-19(16)15-5-3-2-4-6-15/h2-12H,1H3. The number of hydrogen-bond acceptors (Lipinski definition) is 2. The van der Waals surface area contributed by atoms with Gasteiger partial charge in [0.25, 0.3) is 0 Å². The number of rotatable bonds is 3. The van der Waals surface area contributed by atoms with Gasteiger partial charge in [-0.3, -0.25) is 4.79 Å². The molecule has 0 unspecified atom stereocenters. The first-order chi connectivity index (χ1) is 9.75. The van der Waals surface area contributed by atoms with Crippen LogP contribution in [0.25, 0.3) is 5.69 Å². The minimum atomic E-state index is -0.0219. The Bertz CT molecular complexity index is 727. The van der Waals surface area contributed by atoms with E-state index in [2.05, 4.69) is 5.10 Å². The van der Waals surface area contributed by atoms with Crippen molar-refractivity contribution in [1.29, 1.82) is 0 Å². The van der Waals surface area contributed by atoms with Gasteiger partial charge >= 0.3 is 0 Å². The summed E-state index contributed by atoms with van der Waals surface area (Å²) in [6.45, 7) is 2.00. The molecule has 0 amide bonds. The highest BCUT2D eigenvalue weighted by molar-refractivity contribution is 6.08. The van der Waals surface area contributed by atoms with Crippen molar-refractivity contribution >= 4 is 5.78 Å². The Morgan fingerprint density at radius 2 is 1.65 bits per heavy atom. The van der Waals surface area contributed by atoms with Gasteiger partial charge in [0.2, 0.25) is 5.78 Å². The predicted octanol–water partition coefficient (Wildman–Crippen LogP) is 3.41. The lowest BCUT2D eigenvalue weighted by atomic mass is 10.1. The minimum Gasteiger partial charge on any atom is -0.287 e. The van der Waals surface area contributed by atoms with Crippen molar-refractivity contribution in [2.75, 3.05) is 0 Å². The summed E-state index contributed by atoms with van der Waals surface area (Å²) in [5.41, 5.74) is 3.26. The fraction of sp³-hybridized carbons (Fsp3) is 0.0588. The Balaban J connectivity index is 2.02. The molecule has 1 heterocycles. The van der Waals surface area contributed by atoms with E-state index in [1.165, 1.54) is 0 Å². The van der Waals surface area contributed by atoms with Crippen molar-refractivity contribution in [1.82, 2.24) is 9.78 Å². The third-order valence-corrected chi connectivity index (χ3v) is 3.19. The van der Waals surface area contributed by atoms with Crippen LogP contribution in [0.1, 0.15) is 21.6 Å². The molecule has 0 saturated heterocycles. The van der Waals surface area contributed by atoms with Crippen LogP contribution < -0.4 is 0 Å². The number of hydrogen-bond donors (Lipinski definition) is 0. The highest BCUT2D eigenvalue weighted by Gasteiger charge is 2.15. The molecule has 0 atom stereocenters. The van der Waals surface area contributed by atoms with Crippen molar-refractivity contribution in [3.8, 4) is 5.69 Å². The van der Waals surface area contributed by atoms with E-state index in [0.29, 0.717) is 11.3 Å². The second-order valence-corrected chi connectivity index (χ2v) is 4.66. The molecular formula is C17H14N2O. The number of ketones is 1. The first-order valence-electron chi connectivity index (χ1n) is 6.46. The van der Waals surface area contributed by atoms with E-state index in [1.54, 1.807) is 16.9 Å². The first-order valence-corrected chi connectivity index (χ1v) is 6.46. The van der Waals surface area contributed by atoms with Crippen LogP contribution in [-0.4, -0.2) is 15.6 Å². The van der Waals surface area contributed by atoms with Gasteiger partial charge in [-0.25, -0.2) is 4.68 Å². The molecule has 3 rings (SSSR count). The molecule has 0 spiro atoms. The summed E-state index contributed by atoms with van der Waals surface area (Å²) >= 11 is 0. The molecule has 3 heteroatoms. The van der Waals surface area contributed by atoms with Crippen molar-refractivity contribution in [3.63, 3.8) is 0 Å². The second-order valence-electron chi connectivity index (χ2n) is 4.66. The number of aromatic nitrogens is 2. The lowest BCUT2D eigenvalue weighted by molar-refractivity contribution is 0.103. The molecule has 98 valence electrons. The van der Waals surface area contributed by atoms with Crippen LogP contribution in [0.5, 0.6) is 0 Å². The molecular weight excluding hydrogens is 248 g/mol. The Kier molecular flexibility index (Phi) is 3.17. The van der Waals surface area contributed by atoms with E-state index in [0.717, 1.165) is 11.3 Å². The fourth-order valence-corrected chi connectivity index (χ4v) is 2.10. The summed E-state index contributed by atoms with van der Waals surface area (Å²) in [5.74, 6) is -0.0219. The van der Waals surface area contributed by atoms with Crippen LogP contribution >= 0.6 is 0 Å². The van der Waals surface area contributed by atoms with Crippen LogP contribution in [0.3, 0.4) is 0 Å². The molecule has 0 saturated carbocycles. The zero-order chi connectivity index (χ0) is 13.9. The molecule has 0 radical (unpaired) electrons. The molecule has 0 bridgehead atoms. The summed E-state index contributed by atoms with van der Waals surface area (Å²) in [6, 6.07) is 19.0. The van der Waals surface area contributed by atoms with E-state index in [4.69, 9.17) is 0 Å². The smallest absolute Gasteiger partial charge is 0.211 e. The molecule has 1 aromatic heterocycles. The van der Waals surface area contributed by atoms with Crippen molar-refractivity contribution in [3.05, 3.63) is 83.7 Å². The number of carbonyl (C=O) groups is 1. The quantitative estimate of drug-likeness (QED) is 0.678. The van der Waals surface area contributed by atoms with Crippen molar-refractivity contribution in [2.45, 2.75) is 6.92 Å². The van der Waals surface area contributed by atoms with Gasteiger partial charge in [-0.2, -0.15) is 5.10 Å². The van der Waals surface area contributed by atoms with Gasteiger partial charge < -0.3 is 0 Å². The van der Waals surface area contributed by atoms with E-state index < -0.39 is 0 Å². The normalized spacial score (nSPS) is 10.4. The number of nitrogens with zero attached hydrogens (tertiary/aromatic N) is 2. The van der Waals surface area contributed by atoms with Gasteiger partial charge in [-0.05, 0) is 25.1 Å². The molecule has 3 nitrogen and oxygen atoms in total. The van der Waals surface area contributed by atoms with Gasteiger partial charge in [0.05, 0.1) is 11.9 Å². The average Bonchev–Trinajstić information content (AvgIpc) is 2.97. The van der Waals surface area contributed by atoms with Gasteiger partial charge in [-0.15, -0.1) is 0 Å². The van der Waals surface area contributed by atoms with E-state index in [-0.39, 0.29) is 5.78 Å². The highest BCUT2D eigenvalue weighted by atomic mass is 16.1. The molecule has 2 aromatic carbocycles. The maximum Gasteiger partial charge on any atom is 0.211 e. The van der Waals surface area contributed by atoms with Crippen LogP contribution in [0, 0.1) is 6.92 Å². The van der Waals surface area contributed by atoms with E-state index >= 15 is 0 Å². The van der Waals surface area contributed by atoms with E-state index in [1.807, 2.05) is 61.5 Å². The van der Waals surface area contributed by atoms with Crippen LogP contribution in [0.15, 0.2) is 66.9 Å². The number of aryl methyl sites for hydroxylation is 1. The Morgan fingerprint density at radius 1 is 0.950 bits per heavy atom. The van der Waals surface area contributed by atoms with Gasteiger partial charge in [-0.1, -0.05) is 48.0 Å². The second kappa shape index (κ2) is 5.13. The molecule has 0 aliphatic heterocycles. The van der Waals surface area contributed by atoms with E-state index in [9.17, 15) is 4.79 Å². The molecule has 0 N–H and O–H groups in total. The predicted molar refractivity (Wildman–Crippen MR) is 78.2 cm³/mol. The summed E-state index contributed by atoms with van der Waals surface area (Å²) < 4.78 is 1.67. The summed E-state index contributed by atoms with van der Waals surface area (Å²) in [7, 11) is 0. The molecule has 20 heavy (non-hydrogen) atoms. The summed E-state index contributed by atoms with van der Waals surface area (Å²) in [5, 5.41) is 4.25.